The maximum absolute atomic E-state index is 11.9. The van der Waals surface area contributed by atoms with E-state index in [0.717, 1.165) is 12.8 Å². The topological polar surface area (TPSA) is 69.0 Å². The third kappa shape index (κ3) is 5.40. The predicted octanol–water partition coefficient (Wildman–Crippen LogP) is 4.28. The van der Waals surface area contributed by atoms with Gasteiger partial charge in [-0.3, -0.25) is 9.36 Å². The van der Waals surface area contributed by atoms with Gasteiger partial charge in [-0.2, -0.15) is 0 Å². The van der Waals surface area contributed by atoms with Crippen molar-refractivity contribution in [3.05, 3.63) is 46.7 Å². The minimum Gasteiger partial charge on any atom is -0.481 e. The summed E-state index contributed by atoms with van der Waals surface area (Å²) in [7, 11) is 0. The molecule has 3 rings (SSSR count). The molecule has 0 aliphatic heterocycles. The molecule has 1 amide bonds. The lowest BCUT2D eigenvalue weighted by Gasteiger charge is -2.16. The fourth-order valence-electron chi connectivity index (χ4n) is 2.45. The summed E-state index contributed by atoms with van der Waals surface area (Å²) in [4.78, 5) is 11.9. The number of amides is 1. The standard InChI is InChI=1S/C18H20Cl2N4O2S/c1-3-8-24-17(11(2)26-15-9-12(19)4-7-14(15)20)22-23-18(24)27-10-16(25)21-13-5-6-13/h3-4,7,9,11,13H,1,5-6,8,10H2,2H3,(H,21,25). The van der Waals surface area contributed by atoms with Gasteiger partial charge in [0.15, 0.2) is 17.1 Å². The van der Waals surface area contributed by atoms with Crippen molar-refractivity contribution in [1.29, 1.82) is 0 Å². The molecule has 1 aliphatic rings. The third-order valence-corrected chi connectivity index (χ3v) is 5.41. The first kappa shape index (κ1) is 20.0. The summed E-state index contributed by atoms with van der Waals surface area (Å²) in [6.07, 6.45) is 3.46. The Morgan fingerprint density at radius 2 is 2.26 bits per heavy atom. The highest BCUT2D eigenvalue weighted by Crippen LogP contribution is 2.32. The van der Waals surface area contributed by atoms with Crippen LogP contribution in [0.5, 0.6) is 5.75 Å². The smallest absolute Gasteiger partial charge is 0.230 e. The number of nitrogens with one attached hydrogen (secondary N) is 1. The Morgan fingerprint density at radius 3 is 2.96 bits per heavy atom. The Morgan fingerprint density at radius 1 is 1.48 bits per heavy atom. The zero-order chi connectivity index (χ0) is 19.4. The summed E-state index contributed by atoms with van der Waals surface area (Å²) in [5.74, 6) is 1.40. The molecule has 144 valence electrons. The van der Waals surface area contributed by atoms with Gasteiger partial charge in [0, 0.05) is 23.7 Å². The van der Waals surface area contributed by atoms with Gasteiger partial charge in [0.1, 0.15) is 5.75 Å². The van der Waals surface area contributed by atoms with Crippen LogP contribution in [0.1, 0.15) is 31.7 Å². The number of carbonyl (C=O) groups is 1. The molecule has 6 nitrogen and oxygen atoms in total. The number of hydrogen-bond acceptors (Lipinski definition) is 5. The fourth-order valence-corrected chi connectivity index (χ4v) is 3.54. The Labute approximate surface area is 172 Å². The maximum atomic E-state index is 11.9. The molecule has 1 heterocycles. The van der Waals surface area contributed by atoms with E-state index in [2.05, 4.69) is 22.1 Å². The van der Waals surface area contributed by atoms with E-state index in [4.69, 9.17) is 27.9 Å². The van der Waals surface area contributed by atoms with Crippen LogP contribution in [0.3, 0.4) is 0 Å². The zero-order valence-corrected chi connectivity index (χ0v) is 17.2. The second-order valence-corrected chi connectivity index (χ2v) is 7.99. The number of benzene rings is 1. The Balaban J connectivity index is 1.71. The summed E-state index contributed by atoms with van der Waals surface area (Å²) in [6.45, 7) is 6.15. The summed E-state index contributed by atoms with van der Waals surface area (Å²) < 4.78 is 7.82. The van der Waals surface area contributed by atoms with Gasteiger partial charge in [-0.05, 0) is 31.9 Å². The van der Waals surface area contributed by atoms with Crippen LogP contribution >= 0.6 is 35.0 Å². The van der Waals surface area contributed by atoms with Gasteiger partial charge in [-0.15, -0.1) is 16.8 Å². The first-order valence-corrected chi connectivity index (χ1v) is 10.3. The molecular weight excluding hydrogens is 407 g/mol. The van der Waals surface area contributed by atoms with Crippen molar-refractivity contribution in [2.75, 3.05) is 5.75 Å². The maximum Gasteiger partial charge on any atom is 0.230 e. The van der Waals surface area contributed by atoms with Crippen LogP contribution in [-0.2, 0) is 11.3 Å². The SMILES string of the molecule is C=CCn1c(SCC(=O)NC2CC2)nnc1C(C)Oc1cc(Cl)ccc1Cl. The first-order valence-electron chi connectivity index (χ1n) is 8.55. The van der Waals surface area contributed by atoms with Gasteiger partial charge in [-0.25, -0.2) is 0 Å². The van der Waals surface area contributed by atoms with Crippen molar-refractivity contribution in [2.24, 2.45) is 0 Å². The van der Waals surface area contributed by atoms with E-state index in [1.165, 1.54) is 11.8 Å². The van der Waals surface area contributed by atoms with Crippen molar-refractivity contribution in [3.63, 3.8) is 0 Å². The van der Waals surface area contributed by atoms with Gasteiger partial charge in [-0.1, -0.05) is 41.0 Å². The lowest BCUT2D eigenvalue weighted by Crippen LogP contribution is -2.27. The van der Waals surface area contributed by atoms with E-state index in [-0.39, 0.29) is 5.91 Å². The van der Waals surface area contributed by atoms with Crippen molar-refractivity contribution < 1.29 is 9.53 Å². The average molecular weight is 427 g/mol. The molecule has 1 N–H and O–H groups in total. The quantitative estimate of drug-likeness (QED) is 0.478. The van der Waals surface area contributed by atoms with Gasteiger partial charge in [0.2, 0.25) is 5.91 Å². The molecule has 1 saturated carbocycles. The molecule has 1 fully saturated rings. The summed E-state index contributed by atoms with van der Waals surface area (Å²) >= 11 is 13.5. The van der Waals surface area contributed by atoms with E-state index in [9.17, 15) is 4.79 Å². The normalized spacial score (nSPS) is 14.6. The molecule has 1 unspecified atom stereocenters. The number of hydrogen-bond donors (Lipinski definition) is 1. The van der Waals surface area contributed by atoms with Gasteiger partial charge < -0.3 is 10.1 Å². The molecule has 0 radical (unpaired) electrons. The highest BCUT2D eigenvalue weighted by Gasteiger charge is 2.24. The number of thioether (sulfide) groups is 1. The molecule has 1 aromatic carbocycles. The van der Waals surface area contributed by atoms with E-state index in [1.807, 2.05) is 11.5 Å². The van der Waals surface area contributed by atoms with Crippen molar-refractivity contribution >= 4 is 40.9 Å². The van der Waals surface area contributed by atoms with Gasteiger partial charge in [0.25, 0.3) is 0 Å². The number of ether oxygens (including phenoxy) is 1. The molecule has 2 aromatic rings. The van der Waals surface area contributed by atoms with Crippen LogP contribution in [-0.4, -0.2) is 32.5 Å². The molecule has 1 aromatic heterocycles. The number of rotatable bonds is 9. The van der Waals surface area contributed by atoms with Crippen LogP contribution in [0.25, 0.3) is 0 Å². The third-order valence-electron chi connectivity index (χ3n) is 3.89. The molecule has 0 saturated heterocycles. The van der Waals surface area contributed by atoms with Crippen LogP contribution < -0.4 is 10.1 Å². The minimum absolute atomic E-state index is 0.00668. The lowest BCUT2D eigenvalue weighted by molar-refractivity contribution is -0.118. The van der Waals surface area contributed by atoms with Crippen molar-refractivity contribution in [3.8, 4) is 5.75 Å². The fraction of sp³-hybridized carbons (Fsp3) is 0.389. The number of carbonyl (C=O) groups excluding carboxylic acids is 1. The molecule has 27 heavy (non-hydrogen) atoms. The number of nitrogens with zero attached hydrogens (tertiary/aromatic N) is 3. The van der Waals surface area contributed by atoms with Gasteiger partial charge in [0.05, 0.1) is 10.8 Å². The largest absolute Gasteiger partial charge is 0.481 e. The summed E-state index contributed by atoms with van der Waals surface area (Å²) in [5, 5.41) is 13.1. The van der Waals surface area contributed by atoms with Gasteiger partial charge >= 0.3 is 0 Å². The molecule has 1 aliphatic carbocycles. The number of halogens is 2. The molecule has 1 atom stereocenters. The Hall–Kier alpha value is -1.70. The second-order valence-electron chi connectivity index (χ2n) is 6.21. The Kier molecular flexibility index (Phi) is 6.68. The molecule has 0 spiro atoms. The number of aromatic nitrogens is 3. The highest BCUT2D eigenvalue weighted by atomic mass is 35.5. The molecule has 0 bridgehead atoms. The average Bonchev–Trinajstić information content (AvgIpc) is 3.35. The number of allylic oxidation sites excluding steroid dienone is 1. The second kappa shape index (κ2) is 8.99. The van der Waals surface area contributed by atoms with Crippen LogP contribution in [0.4, 0.5) is 0 Å². The molecule has 9 heteroatoms. The van der Waals surface area contributed by atoms with E-state index < -0.39 is 6.10 Å². The summed E-state index contributed by atoms with van der Waals surface area (Å²) in [6, 6.07) is 5.38. The summed E-state index contributed by atoms with van der Waals surface area (Å²) in [5.41, 5.74) is 0. The van der Waals surface area contributed by atoms with Crippen molar-refractivity contribution in [2.45, 2.75) is 43.6 Å². The molecular formula is C18H20Cl2N4O2S. The minimum atomic E-state index is -0.414. The highest BCUT2D eigenvalue weighted by molar-refractivity contribution is 7.99. The Bertz CT molecular complexity index is 839. The zero-order valence-electron chi connectivity index (χ0n) is 14.8. The lowest BCUT2D eigenvalue weighted by atomic mass is 10.3. The van der Waals surface area contributed by atoms with Crippen LogP contribution in [0.15, 0.2) is 36.0 Å². The van der Waals surface area contributed by atoms with E-state index >= 15 is 0 Å². The predicted molar refractivity (Wildman–Crippen MR) is 108 cm³/mol. The first-order chi connectivity index (χ1) is 13.0. The van der Waals surface area contributed by atoms with Crippen LogP contribution in [0, 0.1) is 0 Å². The van der Waals surface area contributed by atoms with Crippen LogP contribution in [0.2, 0.25) is 10.0 Å². The monoisotopic (exact) mass is 426 g/mol. The van der Waals surface area contributed by atoms with Crippen molar-refractivity contribution in [1.82, 2.24) is 20.1 Å². The van der Waals surface area contributed by atoms with E-state index in [1.54, 1.807) is 24.3 Å². The van der Waals surface area contributed by atoms with E-state index in [0.29, 0.717) is 45.1 Å².